The SMILES string of the molecule is CCCC(C)c1ccc(Cl)cc1C#N. The van der Waals surface area contributed by atoms with Gasteiger partial charge >= 0.3 is 0 Å². The van der Waals surface area contributed by atoms with E-state index in [1.165, 1.54) is 0 Å². The lowest BCUT2D eigenvalue weighted by molar-refractivity contribution is 0.663. The van der Waals surface area contributed by atoms with E-state index in [1.54, 1.807) is 6.07 Å². The van der Waals surface area contributed by atoms with E-state index in [-0.39, 0.29) is 0 Å². The number of hydrogen-bond acceptors (Lipinski definition) is 1. The third-order valence-electron chi connectivity index (χ3n) is 2.39. The van der Waals surface area contributed by atoms with Crippen molar-refractivity contribution in [3.8, 4) is 6.07 Å². The van der Waals surface area contributed by atoms with Gasteiger partial charge < -0.3 is 0 Å². The maximum absolute atomic E-state index is 8.95. The van der Waals surface area contributed by atoms with E-state index in [0.29, 0.717) is 16.5 Å². The molecule has 0 heterocycles. The lowest BCUT2D eigenvalue weighted by atomic mass is 9.93. The molecular weight excluding hydrogens is 194 g/mol. The molecule has 0 saturated carbocycles. The minimum absolute atomic E-state index is 0.437. The zero-order valence-electron chi connectivity index (χ0n) is 8.55. The Kier molecular flexibility index (Phi) is 3.98. The Morgan fingerprint density at radius 3 is 2.79 bits per heavy atom. The molecule has 0 aliphatic rings. The van der Waals surface area contributed by atoms with E-state index < -0.39 is 0 Å². The fourth-order valence-corrected chi connectivity index (χ4v) is 1.82. The van der Waals surface area contributed by atoms with Gasteiger partial charge in [-0.1, -0.05) is 37.9 Å². The fraction of sp³-hybridized carbons (Fsp3) is 0.417. The van der Waals surface area contributed by atoms with Gasteiger partial charge in [-0.15, -0.1) is 0 Å². The Labute approximate surface area is 90.3 Å². The summed E-state index contributed by atoms with van der Waals surface area (Å²) in [6, 6.07) is 7.74. The number of rotatable bonds is 3. The van der Waals surface area contributed by atoms with E-state index >= 15 is 0 Å². The van der Waals surface area contributed by atoms with Gasteiger partial charge in [0.15, 0.2) is 0 Å². The number of halogens is 1. The van der Waals surface area contributed by atoms with E-state index in [1.807, 2.05) is 12.1 Å². The van der Waals surface area contributed by atoms with E-state index in [2.05, 4.69) is 19.9 Å². The van der Waals surface area contributed by atoms with Crippen LogP contribution in [0.4, 0.5) is 0 Å². The summed E-state index contributed by atoms with van der Waals surface area (Å²) in [6.45, 7) is 4.30. The summed E-state index contributed by atoms with van der Waals surface area (Å²) in [4.78, 5) is 0. The molecule has 1 aromatic rings. The van der Waals surface area contributed by atoms with Crippen LogP contribution in [-0.2, 0) is 0 Å². The molecule has 1 aromatic carbocycles. The second kappa shape index (κ2) is 5.02. The highest BCUT2D eigenvalue weighted by Gasteiger charge is 2.09. The summed E-state index contributed by atoms with van der Waals surface area (Å²) in [7, 11) is 0. The molecule has 0 spiro atoms. The minimum Gasteiger partial charge on any atom is -0.192 e. The summed E-state index contributed by atoms with van der Waals surface area (Å²) < 4.78 is 0. The van der Waals surface area contributed by atoms with Crippen molar-refractivity contribution in [3.05, 3.63) is 34.3 Å². The van der Waals surface area contributed by atoms with E-state index in [4.69, 9.17) is 16.9 Å². The van der Waals surface area contributed by atoms with Crippen LogP contribution in [0.15, 0.2) is 18.2 Å². The smallest absolute Gasteiger partial charge is 0.0995 e. The van der Waals surface area contributed by atoms with Crippen LogP contribution in [0.2, 0.25) is 5.02 Å². The first-order valence-corrected chi connectivity index (χ1v) is 5.26. The third kappa shape index (κ3) is 2.49. The Balaban J connectivity index is 3.03. The monoisotopic (exact) mass is 207 g/mol. The van der Waals surface area contributed by atoms with Gasteiger partial charge in [0.25, 0.3) is 0 Å². The average Bonchev–Trinajstić information content (AvgIpc) is 2.17. The minimum atomic E-state index is 0.437. The van der Waals surface area contributed by atoms with Crippen LogP contribution in [0.25, 0.3) is 0 Å². The van der Waals surface area contributed by atoms with Crippen molar-refractivity contribution in [2.45, 2.75) is 32.6 Å². The van der Waals surface area contributed by atoms with Crippen LogP contribution in [0.1, 0.15) is 43.7 Å². The number of nitriles is 1. The van der Waals surface area contributed by atoms with Gasteiger partial charge in [0, 0.05) is 5.02 Å². The van der Waals surface area contributed by atoms with Gasteiger partial charge in [-0.25, -0.2) is 0 Å². The molecule has 0 aliphatic heterocycles. The second-order valence-electron chi connectivity index (χ2n) is 3.53. The summed E-state index contributed by atoms with van der Waals surface area (Å²) in [5.74, 6) is 0.437. The number of benzene rings is 1. The molecule has 0 amide bonds. The molecule has 74 valence electrons. The summed E-state index contributed by atoms with van der Waals surface area (Å²) in [6.07, 6.45) is 2.24. The Hall–Kier alpha value is -1.00. The van der Waals surface area contributed by atoms with Crippen LogP contribution in [0, 0.1) is 11.3 Å². The molecule has 0 bridgehead atoms. The van der Waals surface area contributed by atoms with Crippen LogP contribution >= 0.6 is 11.6 Å². The van der Waals surface area contributed by atoms with Crippen LogP contribution in [0.3, 0.4) is 0 Å². The van der Waals surface area contributed by atoms with Crippen LogP contribution in [-0.4, -0.2) is 0 Å². The zero-order chi connectivity index (χ0) is 10.6. The molecule has 1 rings (SSSR count). The van der Waals surface area contributed by atoms with Crippen molar-refractivity contribution in [1.29, 1.82) is 5.26 Å². The molecule has 1 atom stereocenters. The van der Waals surface area contributed by atoms with Crippen molar-refractivity contribution in [2.75, 3.05) is 0 Å². The summed E-state index contributed by atoms with van der Waals surface area (Å²) in [5, 5.41) is 9.58. The second-order valence-corrected chi connectivity index (χ2v) is 3.97. The predicted molar refractivity (Wildman–Crippen MR) is 59.5 cm³/mol. The average molecular weight is 208 g/mol. The largest absolute Gasteiger partial charge is 0.192 e. The van der Waals surface area contributed by atoms with Gasteiger partial charge in [0.05, 0.1) is 11.6 Å². The summed E-state index contributed by atoms with van der Waals surface area (Å²) >= 11 is 5.83. The normalized spacial score (nSPS) is 12.1. The third-order valence-corrected chi connectivity index (χ3v) is 2.62. The molecular formula is C12H14ClN. The molecule has 0 aromatic heterocycles. The van der Waals surface area contributed by atoms with Crippen molar-refractivity contribution in [3.63, 3.8) is 0 Å². The van der Waals surface area contributed by atoms with Gasteiger partial charge in [-0.3, -0.25) is 0 Å². The highest BCUT2D eigenvalue weighted by Crippen LogP contribution is 2.25. The fourth-order valence-electron chi connectivity index (χ4n) is 1.64. The quantitative estimate of drug-likeness (QED) is 0.732. The van der Waals surface area contributed by atoms with E-state index in [0.717, 1.165) is 18.4 Å². The lowest BCUT2D eigenvalue weighted by Crippen LogP contribution is -1.96. The van der Waals surface area contributed by atoms with Gasteiger partial charge in [0.2, 0.25) is 0 Å². The van der Waals surface area contributed by atoms with Crippen molar-refractivity contribution < 1.29 is 0 Å². The molecule has 14 heavy (non-hydrogen) atoms. The summed E-state index contributed by atoms with van der Waals surface area (Å²) in [5.41, 5.74) is 1.82. The predicted octanol–water partition coefficient (Wildman–Crippen LogP) is 4.12. The van der Waals surface area contributed by atoms with Gasteiger partial charge in [-0.05, 0) is 30.0 Å². The van der Waals surface area contributed by atoms with Crippen molar-refractivity contribution in [1.82, 2.24) is 0 Å². The molecule has 1 nitrogen and oxygen atoms in total. The van der Waals surface area contributed by atoms with Gasteiger partial charge in [-0.2, -0.15) is 5.26 Å². The molecule has 1 unspecified atom stereocenters. The van der Waals surface area contributed by atoms with Crippen LogP contribution in [0.5, 0.6) is 0 Å². The topological polar surface area (TPSA) is 23.8 Å². The Bertz CT molecular complexity index is 352. The number of hydrogen-bond donors (Lipinski definition) is 0. The highest BCUT2D eigenvalue weighted by molar-refractivity contribution is 6.30. The highest BCUT2D eigenvalue weighted by atomic mass is 35.5. The molecule has 0 fully saturated rings. The standard InChI is InChI=1S/C12H14ClN/c1-3-4-9(2)12-6-5-11(13)7-10(12)8-14/h5-7,9H,3-4H2,1-2H3. The molecule has 0 radical (unpaired) electrons. The maximum atomic E-state index is 8.95. The molecule has 2 heteroatoms. The van der Waals surface area contributed by atoms with Crippen LogP contribution < -0.4 is 0 Å². The van der Waals surface area contributed by atoms with Crippen molar-refractivity contribution in [2.24, 2.45) is 0 Å². The zero-order valence-corrected chi connectivity index (χ0v) is 9.30. The molecule has 0 aliphatic carbocycles. The first-order valence-electron chi connectivity index (χ1n) is 4.88. The first-order chi connectivity index (χ1) is 6.69. The Morgan fingerprint density at radius 2 is 2.21 bits per heavy atom. The first kappa shape index (κ1) is 11.1. The molecule has 0 N–H and O–H groups in total. The van der Waals surface area contributed by atoms with Crippen molar-refractivity contribution >= 4 is 11.6 Å². The Morgan fingerprint density at radius 1 is 1.50 bits per heavy atom. The maximum Gasteiger partial charge on any atom is 0.0995 e. The van der Waals surface area contributed by atoms with Gasteiger partial charge in [0.1, 0.15) is 0 Å². The number of nitrogens with zero attached hydrogens (tertiary/aromatic N) is 1. The lowest BCUT2D eigenvalue weighted by Gasteiger charge is -2.12. The molecule has 0 saturated heterocycles. The van der Waals surface area contributed by atoms with E-state index in [9.17, 15) is 0 Å².